The lowest BCUT2D eigenvalue weighted by atomic mass is 10.1. The predicted octanol–water partition coefficient (Wildman–Crippen LogP) is 1.17. The quantitative estimate of drug-likeness (QED) is 0.789. The van der Waals surface area contributed by atoms with Gasteiger partial charge in [-0.05, 0) is 18.6 Å². The van der Waals surface area contributed by atoms with Crippen molar-refractivity contribution in [1.82, 2.24) is 4.98 Å². The zero-order valence-corrected chi connectivity index (χ0v) is 9.68. The standard InChI is InChI=1S/C11H17F2N3O/c1-8(14)9-2-3-11(15-6-9)16(4-5-17)7-10(12)13/h2-3,6,8,10,17H,4-5,7,14H2,1H3/t8-/m1/s1. The van der Waals surface area contributed by atoms with Crippen molar-refractivity contribution in [3.63, 3.8) is 0 Å². The van der Waals surface area contributed by atoms with Crippen molar-refractivity contribution >= 4 is 5.82 Å². The first-order valence-electron chi connectivity index (χ1n) is 5.40. The summed E-state index contributed by atoms with van der Waals surface area (Å²) < 4.78 is 24.7. The normalized spacial score (nSPS) is 12.8. The average Bonchev–Trinajstić information content (AvgIpc) is 2.28. The largest absolute Gasteiger partial charge is 0.395 e. The van der Waals surface area contributed by atoms with Gasteiger partial charge < -0.3 is 15.7 Å². The topological polar surface area (TPSA) is 62.4 Å². The van der Waals surface area contributed by atoms with Crippen LogP contribution in [0.1, 0.15) is 18.5 Å². The first kappa shape index (κ1) is 13.8. The number of pyridine rings is 1. The Kier molecular flexibility index (Phi) is 5.24. The minimum Gasteiger partial charge on any atom is -0.395 e. The summed E-state index contributed by atoms with van der Waals surface area (Å²) in [6, 6.07) is 3.25. The molecule has 0 radical (unpaired) electrons. The number of hydrogen-bond donors (Lipinski definition) is 2. The van der Waals surface area contributed by atoms with Gasteiger partial charge in [-0.3, -0.25) is 0 Å². The van der Waals surface area contributed by atoms with E-state index in [-0.39, 0.29) is 19.2 Å². The monoisotopic (exact) mass is 245 g/mol. The van der Waals surface area contributed by atoms with Crippen LogP contribution < -0.4 is 10.6 Å². The van der Waals surface area contributed by atoms with Gasteiger partial charge in [-0.1, -0.05) is 6.07 Å². The second-order valence-electron chi connectivity index (χ2n) is 3.80. The van der Waals surface area contributed by atoms with Crippen LogP contribution in [0.25, 0.3) is 0 Å². The lowest BCUT2D eigenvalue weighted by Gasteiger charge is -2.22. The third-order valence-electron chi connectivity index (χ3n) is 2.35. The third-order valence-corrected chi connectivity index (χ3v) is 2.35. The van der Waals surface area contributed by atoms with E-state index in [2.05, 4.69) is 4.98 Å². The fourth-order valence-electron chi connectivity index (χ4n) is 1.44. The first-order valence-corrected chi connectivity index (χ1v) is 5.40. The molecule has 3 N–H and O–H groups in total. The molecule has 0 saturated heterocycles. The van der Waals surface area contributed by atoms with E-state index in [1.54, 1.807) is 18.3 Å². The van der Waals surface area contributed by atoms with Gasteiger partial charge >= 0.3 is 0 Å². The fourth-order valence-corrected chi connectivity index (χ4v) is 1.44. The van der Waals surface area contributed by atoms with Gasteiger partial charge in [0.2, 0.25) is 0 Å². The number of nitrogens with zero attached hydrogens (tertiary/aromatic N) is 2. The predicted molar refractivity (Wildman–Crippen MR) is 62.1 cm³/mol. The third kappa shape index (κ3) is 4.24. The van der Waals surface area contributed by atoms with Crippen molar-refractivity contribution in [3.8, 4) is 0 Å². The summed E-state index contributed by atoms with van der Waals surface area (Å²) in [7, 11) is 0. The molecule has 1 heterocycles. The van der Waals surface area contributed by atoms with Crippen LogP contribution in [0.5, 0.6) is 0 Å². The summed E-state index contributed by atoms with van der Waals surface area (Å²) in [5, 5.41) is 8.82. The molecular formula is C11H17F2N3O. The Labute approximate surface area is 99.1 Å². The van der Waals surface area contributed by atoms with E-state index in [1.807, 2.05) is 6.92 Å². The summed E-state index contributed by atoms with van der Waals surface area (Å²) in [5.41, 5.74) is 6.51. The van der Waals surface area contributed by atoms with Crippen LogP contribution in [0.2, 0.25) is 0 Å². The van der Waals surface area contributed by atoms with Crippen LogP contribution in [0.4, 0.5) is 14.6 Å². The number of hydrogen-bond acceptors (Lipinski definition) is 4. The number of aromatic nitrogens is 1. The Hall–Kier alpha value is -1.27. The number of nitrogens with two attached hydrogens (primary N) is 1. The van der Waals surface area contributed by atoms with Crippen molar-refractivity contribution in [2.45, 2.75) is 19.4 Å². The van der Waals surface area contributed by atoms with E-state index in [0.29, 0.717) is 5.82 Å². The molecule has 6 heteroatoms. The number of rotatable bonds is 6. The molecule has 0 bridgehead atoms. The maximum Gasteiger partial charge on any atom is 0.255 e. The maximum atomic E-state index is 12.3. The molecule has 0 aliphatic rings. The van der Waals surface area contributed by atoms with Crippen molar-refractivity contribution in [1.29, 1.82) is 0 Å². The van der Waals surface area contributed by atoms with Crippen LogP contribution in [0.15, 0.2) is 18.3 Å². The Morgan fingerprint density at radius 2 is 2.18 bits per heavy atom. The van der Waals surface area contributed by atoms with Gasteiger partial charge in [0, 0.05) is 18.8 Å². The van der Waals surface area contributed by atoms with Crippen LogP contribution in [0.3, 0.4) is 0 Å². The molecule has 4 nitrogen and oxygen atoms in total. The molecule has 1 rings (SSSR count). The number of halogens is 2. The molecular weight excluding hydrogens is 228 g/mol. The molecule has 0 unspecified atom stereocenters. The number of aliphatic hydroxyl groups excluding tert-OH is 1. The Morgan fingerprint density at radius 1 is 1.47 bits per heavy atom. The SMILES string of the molecule is C[C@@H](N)c1ccc(N(CCO)CC(F)F)nc1. The van der Waals surface area contributed by atoms with Crippen LogP contribution in [-0.2, 0) is 0 Å². The Morgan fingerprint density at radius 3 is 2.59 bits per heavy atom. The molecule has 1 aromatic rings. The van der Waals surface area contributed by atoms with E-state index in [9.17, 15) is 8.78 Å². The Bertz CT molecular complexity index is 330. The van der Waals surface area contributed by atoms with E-state index in [1.165, 1.54) is 4.90 Å². The van der Waals surface area contributed by atoms with E-state index >= 15 is 0 Å². The molecule has 0 aliphatic heterocycles. The summed E-state index contributed by atoms with van der Waals surface area (Å²) in [6.45, 7) is 1.32. The average molecular weight is 245 g/mol. The van der Waals surface area contributed by atoms with Crippen molar-refractivity contribution in [2.24, 2.45) is 5.73 Å². The van der Waals surface area contributed by atoms with Gasteiger partial charge in [-0.2, -0.15) is 0 Å². The number of aliphatic hydroxyl groups is 1. The van der Waals surface area contributed by atoms with E-state index < -0.39 is 13.0 Å². The highest BCUT2D eigenvalue weighted by atomic mass is 19.3. The first-order chi connectivity index (χ1) is 8.04. The molecule has 17 heavy (non-hydrogen) atoms. The fraction of sp³-hybridized carbons (Fsp3) is 0.545. The Balaban J connectivity index is 2.79. The molecule has 0 aromatic carbocycles. The maximum absolute atomic E-state index is 12.3. The summed E-state index contributed by atoms with van der Waals surface area (Å²) in [4.78, 5) is 5.42. The van der Waals surface area contributed by atoms with Gasteiger partial charge in [0.05, 0.1) is 13.2 Å². The van der Waals surface area contributed by atoms with Crippen LogP contribution >= 0.6 is 0 Å². The molecule has 1 aromatic heterocycles. The van der Waals surface area contributed by atoms with E-state index in [4.69, 9.17) is 10.8 Å². The minimum absolute atomic E-state index is 0.134. The molecule has 96 valence electrons. The number of alkyl halides is 2. The van der Waals surface area contributed by atoms with Gasteiger partial charge in [0.25, 0.3) is 6.43 Å². The van der Waals surface area contributed by atoms with Gasteiger partial charge in [0.1, 0.15) is 5.82 Å². The highest BCUT2D eigenvalue weighted by Crippen LogP contribution is 2.15. The number of anilines is 1. The smallest absolute Gasteiger partial charge is 0.255 e. The molecule has 0 amide bonds. The van der Waals surface area contributed by atoms with Crippen LogP contribution in [-0.4, -0.2) is 36.2 Å². The van der Waals surface area contributed by atoms with Crippen LogP contribution in [0, 0.1) is 0 Å². The van der Waals surface area contributed by atoms with Gasteiger partial charge in [-0.25, -0.2) is 13.8 Å². The zero-order chi connectivity index (χ0) is 12.8. The molecule has 1 atom stereocenters. The van der Waals surface area contributed by atoms with E-state index in [0.717, 1.165) is 5.56 Å². The van der Waals surface area contributed by atoms with Crippen molar-refractivity contribution in [2.75, 3.05) is 24.6 Å². The second kappa shape index (κ2) is 6.46. The minimum atomic E-state index is -2.46. The summed E-state index contributed by atoms with van der Waals surface area (Å²) in [6.07, 6.45) is -0.896. The van der Waals surface area contributed by atoms with Gasteiger partial charge in [0.15, 0.2) is 0 Å². The summed E-state index contributed by atoms with van der Waals surface area (Å²) in [5.74, 6) is 0.420. The van der Waals surface area contributed by atoms with Gasteiger partial charge in [-0.15, -0.1) is 0 Å². The van der Waals surface area contributed by atoms with Crippen molar-refractivity contribution in [3.05, 3.63) is 23.9 Å². The molecule has 0 aliphatic carbocycles. The second-order valence-corrected chi connectivity index (χ2v) is 3.80. The molecule has 0 fully saturated rings. The highest BCUT2D eigenvalue weighted by molar-refractivity contribution is 5.39. The highest BCUT2D eigenvalue weighted by Gasteiger charge is 2.13. The lowest BCUT2D eigenvalue weighted by Crippen LogP contribution is -2.32. The molecule has 0 saturated carbocycles. The summed E-state index contributed by atoms with van der Waals surface area (Å²) >= 11 is 0. The lowest BCUT2D eigenvalue weighted by molar-refractivity contribution is 0.152. The van der Waals surface area contributed by atoms with Crippen molar-refractivity contribution < 1.29 is 13.9 Å². The zero-order valence-electron chi connectivity index (χ0n) is 9.68. The molecule has 0 spiro atoms.